The van der Waals surface area contributed by atoms with E-state index in [1.165, 1.54) is 11.0 Å². The van der Waals surface area contributed by atoms with Gasteiger partial charge >= 0.3 is 5.97 Å². The van der Waals surface area contributed by atoms with Crippen LogP contribution in [0.1, 0.15) is 17.0 Å². The van der Waals surface area contributed by atoms with Gasteiger partial charge in [-0.2, -0.15) is 0 Å². The van der Waals surface area contributed by atoms with Gasteiger partial charge in [-0.15, -0.1) is 0 Å². The molecule has 0 spiro atoms. The van der Waals surface area contributed by atoms with Crippen molar-refractivity contribution in [3.05, 3.63) is 46.3 Å². The summed E-state index contributed by atoms with van der Waals surface area (Å²) in [5.74, 6) is -0.871. The van der Waals surface area contributed by atoms with E-state index < -0.39 is 11.9 Å². The molecule has 2 atom stereocenters. The summed E-state index contributed by atoms with van der Waals surface area (Å²) in [6.07, 6.45) is 0.279. The Kier molecular flexibility index (Phi) is 2.42. The number of fused-ring (bicyclic) bond motifs is 3. The van der Waals surface area contributed by atoms with Gasteiger partial charge in [0.1, 0.15) is 17.7 Å². The molecule has 21 heavy (non-hydrogen) atoms. The number of amides is 1. The maximum absolute atomic E-state index is 12.5. The molecular formula is C15H11NO5. The first kappa shape index (κ1) is 12.1. The number of para-hydroxylation sites is 1. The normalized spacial score (nSPS) is 23.6. The van der Waals surface area contributed by atoms with E-state index in [1.807, 2.05) is 0 Å². The van der Waals surface area contributed by atoms with Crippen molar-refractivity contribution >= 4 is 22.8 Å². The van der Waals surface area contributed by atoms with Gasteiger partial charge in [-0.3, -0.25) is 9.59 Å². The molecule has 2 aromatic rings. The highest BCUT2D eigenvalue weighted by Gasteiger charge is 2.49. The summed E-state index contributed by atoms with van der Waals surface area (Å²) < 4.78 is 10.6. The molecule has 2 fully saturated rings. The van der Waals surface area contributed by atoms with Crippen LogP contribution in [0.3, 0.4) is 0 Å². The van der Waals surface area contributed by atoms with E-state index in [-0.39, 0.29) is 23.3 Å². The lowest BCUT2D eigenvalue weighted by Crippen LogP contribution is -2.44. The molecule has 3 heterocycles. The van der Waals surface area contributed by atoms with Crippen molar-refractivity contribution in [3.63, 3.8) is 0 Å². The van der Waals surface area contributed by atoms with Crippen LogP contribution in [-0.2, 0) is 9.53 Å². The van der Waals surface area contributed by atoms with Crippen LogP contribution < -0.4 is 5.43 Å². The molecule has 0 saturated carbocycles. The summed E-state index contributed by atoms with van der Waals surface area (Å²) >= 11 is 0. The number of carbonyl (C=O) groups excluding carboxylic acids is 2. The Hall–Kier alpha value is -2.63. The number of ether oxygens (including phenoxy) is 1. The van der Waals surface area contributed by atoms with Crippen LogP contribution in [-0.4, -0.2) is 35.5 Å². The molecule has 1 aromatic heterocycles. The maximum atomic E-state index is 12.5. The second-order valence-electron chi connectivity index (χ2n) is 5.24. The minimum absolute atomic E-state index is 0.0425. The largest absolute Gasteiger partial charge is 0.459 e. The second-order valence-corrected chi connectivity index (χ2v) is 5.24. The Morgan fingerprint density at radius 2 is 2.05 bits per heavy atom. The Balaban J connectivity index is 1.75. The van der Waals surface area contributed by atoms with E-state index in [1.54, 1.807) is 24.3 Å². The van der Waals surface area contributed by atoms with Gasteiger partial charge in [-0.05, 0) is 12.1 Å². The summed E-state index contributed by atoms with van der Waals surface area (Å²) in [5.41, 5.74) is 0.0902. The van der Waals surface area contributed by atoms with Gasteiger partial charge in [0.05, 0.1) is 11.9 Å². The molecule has 1 amide bonds. The zero-order valence-electron chi connectivity index (χ0n) is 10.9. The van der Waals surface area contributed by atoms with Gasteiger partial charge in [0.2, 0.25) is 0 Å². The van der Waals surface area contributed by atoms with Crippen LogP contribution in [0.2, 0.25) is 0 Å². The van der Waals surface area contributed by atoms with Crippen LogP contribution in [0.5, 0.6) is 0 Å². The number of hydrogen-bond donors (Lipinski definition) is 0. The molecule has 2 saturated heterocycles. The number of nitrogens with zero attached hydrogens (tertiary/aromatic N) is 1. The number of morpholine rings is 1. The summed E-state index contributed by atoms with van der Waals surface area (Å²) in [7, 11) is 0. The monoisotopic (exact) mass is 285 g/mol. The second kappa shape index (κ2) is 4.18. The first-order chi connectivity index (χ1) is 10.1. The minimum atomic E-state index is -0.556. The van der Waals surface area contributed by atoms with Crippen molar-refractivity contribution in [3.8, 4) is 0 Å². The molecule has 2 aliphatic rings. The number of hydrogen-bond acceptors (Lipinski definition) is 5. The van der Waals surface area contributed by atoms with Gasteiger partial charge in [0, 0.05) is 12.5 Å². The quantitative estimate of drug-likeness (QED) is 0.729. The van der Waals surface area contributed by atoms with Gasteiger partial charge in [0.25, 0.3) is 5.91 Å². The predicted molar refractivity (Wildman–Crippen MR) is 71.8 cm³/mol. The van der Waals surface area contributed by atoms with Crippen LogP contribution in [0.4, 0.5) is 0 Å². The van der Waals surface area contributed by atoms with Crippen molar-refractivity contribution in [2.45, 2.75) is 18.6 Å². The average molecular weight is 285 g/mol. The van der Waals surface area contributed by atoms with Crippen molar-refractivity contribution < 1.29 is 18.7 Å². The van der Waals surface area contributed by atoms with Crippen molar-refractivity contribution in [1.29, 1.82) is 0 Å². The van der Waals surface area contributed by atoms with Gasteiger partial charge in [0.15, 0.2) is 11.2 Å². The molecule has 6 heteroatoms. The number of likely N-dealkylation sites (tertiary alicyclic amines) is 1. The Bertz CT molecular complexity index is 824. The zero-order chi connectivity index (χ0) is 14.6. The van der Waals surface area contributed by atoms with E-state index in [4.69, 9.17) is 9.15 Å². The Morgan fingerprint density at radius 3 is 2.81 bits per heavy atom. The molecular weight excluding hydrogens is 274 g/mol. The molecule has 2 aliphatic heterocycles. The summed E-state index contributed by atoms with van der Waals surface area (Å²) in [4.78, 5) is 37.5. The molecule has 1 aromatic carbocycles. The van der Waals surface area contributed by atoms with Crippen LogP contribution in [0.15, 0.2) is 39.5 Å². The molecule has 4 rings (SSSR count). The van der Waals surface area contributed by atoms with Gasteiger partial charge < -0.3 is 14.1 Å². The van der Waals surface area contributed by atoms with E-state index in [0.29, 0.717) is 23.9 Å². The maximum Gasteiger partial charge on any atom is 0.329 e. The van der Waals surface area contributed by atoms with E-state index in [9.17, 15) is 14.4 Å². The van der Waals surface area contributed by atoms with Crippen LogP contribution in [0, 0.1) is 0 Å². The lowest BCUT2D eigenvalue weighted by molar-refractivity contribution is -0.149. The molecule has 0 aliphatic carbocycles. The van der Waals surface area contributed by atoms with Crippen molar-refractivity contribution in [2.24, 2.45) is 0 Å². The highest BCUT2D eigenvalue weighted by Crippen LogP contribution is 2.30. The first-order valence-electron chi connectivity index (χ1n) is 6.68. The van der Waals surface area contributed by atoms with Gasteiger partial charge in [-0.1, -0.05) is 12.1 Å². The third-order valence-corrected chi connectivity index (χ3v) is 3.92. The fraction of sp³-hybridized carbons (Fsp3) is 0.267. The predicted octanol–water partition coefficient (Wildman–Crippen LogP) is 0.933. The van der Waals surface area contributed by atoms with Crippen LogP contribution >= 0.6 is 0 Å². The van der Waals surface area contributed by atoms with Gasteiger partial charge in [-0.25, -0.2) is 4.79 Å². The van der Waals surface area contributed by atoms with Crippen molar-refractivity contribution in [1.82, 2.24) is 4.90 Å². The third-order valence-electron chi connectivity index (χ3n) is 3.92. The standard InChI is InChI=1S/C15H11NO5/c17-11-6-13(21-12-4-2-1-3-9(11)12)14(18)16-7-8-5-10(16)15(19)20-8/h1-4,6,8,10H,5,7H2. The molecule has 2 unspecified atom stereocenters. The fourth-order valence-electron chi connectivity index (χ4n) is 2.92. The zero-order valence-corrected chi connectivity index (χ0v) is 10.9. The number of carbonyl (C=O) groups is 2. The Labute approximate surface area is 118 Å². The molecule has 6 nitrogen and oxygen atoms in total. The highest BCUT2D eigenvalue weighted by molar-refractivity contribution is 5.97. The molecule has 0 radical (unpaired) electrons. The summed E-state index contributed by atoms with van der Waals surface area (Å²) in [5, 5.41) is 0.427. The topological polar surface area (TPSA) is 76.8 Å². The number of esters is 1. The number of benzene rings is 1. The lowest BCUT2D eigenvalue weighted by atomic mass is 10.2. The smallest absolute Gasteiger partial charge is 0.329 e. The molecule has 106 valence electrons. The highest BCUT2D eigenvalue weighted by atomic mass is 16.6. The Morgan fingerprint density at radius 1 is 1.24 bits per heavy atom. The molecule has 0 N–H and O–H groups in total. The minimum Gasteiger partial charge on any atom is -0.459 e. The van der Waals surface area contributed by atoms with E-state index >= 15 is 0 Å². The molecule has 2 bridgehead atoms. The third kappa shape index (κ3) is 1.75. The first-order valence-corrected chi connectivity index (χ1v) is 6.68. The van der Waals surface area contributed by atoms with Crippen molar-refractivity contribution in [2.75, 3.05) is 6.54 Å². The summed E-state index contributed by atoms with van der Waals surface area (Å²) in [6.45, 7) is 0.353. The fourth-order valence-corrected chi connectivity index (χ4v) is 2.92. The van der Waals surface area contributed by atoms with Crippen LogP contribution in [0.25, 0.3) is 11.0 Å². The lowest BCUT2D eigenvalue weighted by Gasteiger charge is -2.25. The average Bonchev–Trinajstić information content (AvgIpc) is 3.05. The van der Waals surface area contributed by atoms with E-state index in [2.05, 4.69) is 0 Å². The SMILES string of the molecule is O=C1OC2CC1N(C(=O)c1cc(=O)c3ccccc3o1)C2. The van der Waals surface area contributed by atoms with E-state index in [0.717, 1.165) is 0 Å². The number of rotatable bonds is 1. The summed E-state index contributed by atoms with van der Waals surface area (Å²) in [6, 6.07) is 7.37.